The Bertz CT molecular complexity index is 391. The van der Waals surface area contributed by atoms with Crippen LogP contribution in [0.5, 0.6) is 0 Å². The monoisotopic (exact) mass is 222 g/mol. The van der Waals surface area contributed by atoms with Crippen LogP contribution in [-0.2, 0) is 0 Å². The molecule has 0 radical (unpaired) electrons. The third-order valence-electron chi connectivity index (χ3n) is 3.75. The van der Waals surface area contributed by atoms with Gasteiger partial charge >= 0.3 is 0 Å². The standard InChI is InChI=1S/C12H15ClN2/c13-10-2-1-3-11(12(10)14)15-7-8-4-5-9(15)6-8/h1-3,8-9H,4-7,14H2. The number of hydrogen-bond acceptors (Lipinski definition) is 2. The molecule has 1 aromatic rings. The van der Waals surface area contributed by atoms with E-state index >= 15 is 0 Å². The SMILES string of the molecule is Nc1c(Cl)cccc1N1CC2CCC1C2. The second-order valence-electron chi connectivity index (χ2n) is 4.66. The summed E-state index contributed by atoms with van der Waals surface area (Å²) >= 11 is 6.04. The zero-order chi connectivity index (χ0) is 10.4. The van der Waals surface area contributed by atoms with Crippen LogP contribution in [0.2, 0.25) is 5.02 Å². The molecule has 3 heteroatoms. The molecule has 80 valence electrons. The van der Waals surface area contributed by atoms with Gasteiger partial charge in [-0.05, 0) is 37.3 Å². The Morgan fingerprint density at radius 2 is 2.20 bits per heavy atom. The van der Waals surface area contributed by atoms with Gasteiger partial charge in [0.1, 0.15) is 0 Å². The molecule has 2 aliphatic rings. The maximum absolute atomic E-state index is 6.04. The van der Waals surface area contributed by atoms with Gasteiger partial charge in [0.15, 0.2) is 0 Å². The summed E-state index contributed by atoms with van der Waals surface area (Å²) in [5, 5.41) is 0.676. The third-order valence-corrected chi connectivity index (χ3v) is 4.08. The summed E-state index contributed by atoms with van der Waals surface area (Å²) in [7, 11) is 0. The van der Waals surface area contributed by atoms with Gasteiger partial charge in [-0.15, -0.1) is 0 Å². The molecule has 1 aliphatic carbocycles. The first-order chi connectivity index (χ1) is 7.25. The molecule has 1 aromatic carbocycles. The Morgan fingerprint density at radius 3 is 2.87 bits per heavy atom. The zero-order valence-electron chi connectivity index (χ0n) is 8.62. The van der Waals surface area contributed by atoms with Crippen molar-refractivity contribution in [2.24, 2.45) is 5.92 Å². The molecule has 1 saturated carbocycles. The van der Waals surface area contributed by atoms with Crippen molar-refractivity contribution in [1.29, 1.82) is 0 Å². The fraction of sp³-hybridized carbons (Fsp3) is 0.500. The maximum Gasteiger partial charge on any atom is 0.0741 e. The van der Waals surface area contributed by atoms with Gasteiger partial charge in [0.05, 0.1) is 16.4 Å². The van der Waals surface area contributed by atoms with Gasteiger partial charge in [0.2, 0.25) is 0 Å². The highest BCUT2D eigenvalue weighted by Gasteiger charge is 2.38. The van der Waals surface area contributed by atoms with E-state index < -0.39 is 0 Å². The van der Waals surface area contributed by atoms with Crippen molar-refractivity contribution in [3.8, 4) is 0 Å². The van der Waals surface area contributed by atoms with Crippen molar-refractivity contribution in [2.45, 2.75) is 25.3 Å². The molecule has 0 spiro atoms. The number of para-hydroxylation sites is 1. The van der Waals surface area contributed by atoms with Crippen LogP contribution in [0.15, 0.2) is 18.2 Å². The molecular formula is C12H15ClN2. The number of hydrogen-bond donors (Lipinski definition) is 1. The average molecular weight is 223 g/mol. The predicted molar refractivity (Wildman–Crippen MR) is 64.3 cm³/mol. The van der Waals surface area contributed by atoms with Crippen LogP contribution >= 0.6 is 11.6 Å². The highest BCUT2D eigenvalue weighted by Crippen LogP contribution is 2.43. The Balaban J connectivity index is 1.96. The van der Waals surface area contributed by atoms with Gasteiger partial charge in [-0.25, -0.2) is 0 Å². The van der Waals surface area contributed by atoms with E-state index in [-0.39, 0.29) is 0 Å². The number of anilines is 2. The largest absolute Gasteiger partial charge is 0.396 e. The number of benzene rings is 1. The molecular weight excluding hydrogens is 208 g/mol. The van der Waals surface area contributed by atoms with E-state index in [1.54, 1.807) is 0 Å². The molecule has 0 amide bonds. The Morgan fingerprint density at radius 1 is 1.33 bits per heavy atom. The minimum Gasteiger partial charge on any atom is -0.396 e. The third kappa shape index (κ3) is 1.39. The Kier molecular flexibility index (Phi) is 2.06. The lowest BCUT2D eigenvalue weighted by molar-refractivity contribution is 0.554. The van der Waals surface area contributed by atoms with Gasteiger partial charge in [-0.3, -0.25) is 0 Å². The molecule has 2 N–H and O–H groups in total. The van der Waals surface area contributed by atoms with Crippen molar-refractivity contribution in [2.75, 3.05) is 17.2 Å². The lowest BCUT2D eigenvalue weighted by Crippen LogP contribution is -2.32. The molecule has 1 heterocycles. The van der Waals surface area contributed by atoms with E-state index in [1.165, 1.54) is 19.3 Å². The van der Waals surface area contributed by atoms with Crippen LogP contribution in [0.25, 0.3) is 0 Å². The predicted octanol–water partition coefficient (Wildman–Crippen LogP) is 2.91. The van der Waals surface area contributed by atoms with Crippen molar-refractivity contribution in [3.05, 3.63) is 23.2 Å². The number of fused-ring (bicyclic) bond motifs is 2. The molecule has 3 rings (SSSR count). The lowest BCUT2D eigenvalue weighted by Gasteiger charge is -2.30. The van der Waals surface area contributed by atoms with Crippen LogP contribution in [0.4, 0.5) is 11.4 Å². The second-order valence-corrected chi connectivity index (χ2v) is 5.07. The minimum atomic E-state index is 0.676. The topological polar surface area (TPSA) is 29.3 Å². The average Bonchev–Trinajstić information content (AvgIpc) is 2.83. The summed E-state index contributed by atoms with van der Waals surface area (Å²) in [5.41, 5.74) is 7.90. The van der Waals surface area contributed by atoms with Crippen molar-refractivity contribution in [1.82, 2.24) is 0 Å². The first-order valence-electron chi connectivity index (χ1n) is 5.56. The molecule has 2 fully saturated rings. The molecule has 2 atom stereocenters. The summed E-state index contributed by atoms with van der Waals surface area (Å²) in [6.07, 6.45) is 4.05. The number of piperidine rings is 1. The fourth-order valence-electron chi connectivity index (χ4n) is 3.00. The van der Waals surface area contributed by atoms with Gasteiger partial charge in [-0.1, -0.05) is 17.7 Å². The summed E-state index contributed by atoms with van der Waals surface area (Å²) in [4.78, 5) is 2.44. The van der Waals surface area contributed by atoms with Crippen LogP contribution in [0.3, 0.4) is 0 Å². The molecule has 1 saturated heterocycles. The quantitative estimate of drug-likeness (QED) is 0.741. The van der Waals surface area contributed by atoms with E-state index in [0.717, 1.165) is 23.8 Å². The lowest BCUT2D eigenvalue weighted by atomic mass is 10.1. The first-order valence-corrected chi connectivity index (χ1v) is 5.94. The van der Waals surface area contributed by atoms with E-state index in [9.17, 15) is 0 Å². The highest BCUT2D eigenvalue weighted by atomic mass is 35.5. The zero-order valence-corrected chi connectivity index (χ0v) is 9.37. The van der Waals surface area contributed by atoms with Gasteiger partial charge in [-0.2, -0.15) is 0 Å². The van der Waals surface area contributed by atoms with Crippen LogP contribution < -0.4 is 10.6 Å². The van der Waals surface area contributed by atoms with Crippen molar-refractivity contribution >= 4 is 23.0 Å². The molecule has 2 bridgehead atoms. The number of nitrogens with two attached hydrogens (primary N) is 1. The fourth-order valence-corrected chi connectivity index (χ4v) is 3.17. The number of nitrogen functional groups attached to an aromatic ring is 1. The summed E-state index contributed by atoms with van der Waals surface area (Å²) in [6.45, 7) is 1.16. The Labute approximate surface area is 95.0 Å². The normalized spacial score (nSPS) is 28.7. The maximum atomic E-state index is 6.04. The minimum absolute atomic E-state index is 0.676. The summed E-state index contributed by atoms with van der Waals surface area (Å²) in [6, 6.07) is 6.63. The Hall–Kier alpha value is -0.890. The van der Waals surface area contributed by atoms with Gasteiger partial charge < -0.3 is 10.6 Å². The highest BCUT2D eigenvalue weighted by molar-refractivity contribution is 6.33. The van der Waals surface area contributed by atoms with E-state index in [4.69, 9.17) is 17.3 Å². The van der Waals surface area contributed by atoms with Crippen molar-refractivity contribution < 1.29 is 0 Å². The molecule has 2 unspecified atom stereocenters. The van der Waals surface area contributed by atoms with Crippen molar-refractivity contribution in [3.63, 3.8) is 0 Å². The smallest absolute Gasteiger partial charge is 0.0741 e. The summed E-state index contributed by atoms with van der Waals surface area (Å²) in [5.74, 6) is 0.883. The van der Waals surface area contributed by atoms with E-state index in [0.29, 0.717) is 11.1 Å². The first kappa shape index (κ1) is 9.34. The van der Waals surface area contributed by atoms with Gasteiger partial charge in [0.25, 0.3) is 0 Å². The van der Waals surface area contributed by atoms with Crippen LogP contribution in [-0.4, -0.2) is 12.6 Å². The van der Waals surface area contributed by atoms with E-state index in [1.807, 2.05) is 12.1 Å². The van der Waals surface area contributed by atoms with Gasteiger partial charge in [0, 0.05) is 12.6 Å². The number of nitrogens with zero attached hydrogens (tertiary/aromatic N) is 1. The van der Waals surface area contributed by atoms with Crippen LogP contribution in [0, 0.1) is 5.92 Å². The second kappa shape index (κ2) is 3.31. The van der Waals surface area contributed by atoms with E-state index in [2.05, 4.69) is 11.0 Å². The molecule has 0 aromatic heterocycles. The number of rotatable bonds is 1. The molecule has 2 nitrogen and oxygen atoms in total. The van der Waals surface area contributed by atoms with Crippen LogP contribution in [0.1, 0.15) is 19.3 Å². The molecule has 15 heavy (non-hydrogen) atoms. The number of halogens is 1. The molecule has 1 aliphatic heterocycles. The summed E-state index contributed by atoms with van der Waals surface area (Å²) < 4.78 is 0.